The third-order valence-electron chi connectivity index (χ3n) is 4.91. The van der Waals surface area contributed by atoms with Gasteiger partial charge in [0.25, 0.3) is 17.7 Å². The number of hydrogen-bond donors (Lipinski definition) is 0. The molecule has 1 aromatic rings. The van der Waals surface area contributed by atoms with Crippen LogP contribution in [-0.4, -0.2) is 76.4 Å². The van der Waals surface area contributed by atoms with Crippen LogP contribution < -0.4 is 0 Å². The molecule has 4 amide bonds. The SMILES string of the molecule is CC(C)N1C(=O)c2ccc(C(=O)N3CCN(C(=O)CCCl)CC3)cc2C1=O. The van der Waals surface area contributed by atoms with Crippen molar-refractivity contribution in [2.24, 2.45) is 0 Å². The molecule has 0 aromatic heterocycles. The number of carbonyl (C=O) groups is 4. The number of amides is 4. The summed E-state index contributed by atoms with van der Waals surface area (Å²) in [6.07, 6.45) is 0.294. The lowest BCUT2D eigenvalue weighted by Gasteiger charge is -2.34. The van der Waals surface area contributed by atoms with E-state index in [9.17, 15) is 19.2 Å². The maximum atomic E-state index is 12.8. The van der Waals surface area contributed by atoms with Crippen molar-refractivity contribution in [2.45, 2.75) is 26.3 Å². The van der Waals surface area contributed by atoms with E-state index in [4.69, 9.17) is 11.6 Å². The van der Waals surface area contributed by atoms with E-state index in [1.54, 1.807) is 35.8 Å². The number of fused-ring (bicyclic) bond motifs is 1. The number of imide groups is 1. The Kier molecular flexibility index (Phi) is 5.51. The highest BCUT2D eigenvalue weighted by Crippen LogP contribution is 2.26. The largest absolute Gasteiger partial charge is 0.339 e. The molecule has 0 atom stereocenters. The fraction of sp³-hybridized carbons (Fsp3) is 0.474. The van der Waals surface area contributed by atoms with Crippen molar-refractivity contribution in [2.75, 3.05) is 32.1 Å². The molecule has 0 aliphatic carbocycles. The van der Waals surface area contributed by atoms with Gasteiger partial charge in [-0.3, -0.25) is 24.1 Å². The second-order valence-electron chi connectivity index (χ2n) is 6.95. The zero-order valence-electron chi connectivity index (χ0n) is 15.4. The molecule has 0 spiro atoms. The average Bonchev–Trinajstić information content (AvgIpc) is 2.91. The fourth-order valence-corrected chi connectivity index (χ4v) is 3.60. The summed E-state index contributed by atoms with van der Waals surface area (Å²) >= 11 is 5.61. The first-order chi connectivity index (χ1) is 12.8. The molecule has 0 N–H and O–H groups in total. The second kappa shape index (κ2) is 7.68. The van der Waals surface area contributed by atoms with E-state index in [-0.39, 0.29) is 41.1 Å². The lowest BCUT2D eigenvalue weighted by atomic mass is 10.0. The Morgan fingerprint density at radius 3 is 2.19 bits per heavy atom. The Morgan fingerprint density at radius 1 is 1.00 bits per heavy atom. The van der Waals surface area contributed by atoms with Crippen molar-refractivity contribution in [3.05, 3.63) is 34.9 Å². The minimum absolute atomic E-state index is 0.00693. The van der Waals surface area contributed by atoms with Crippen LogP contribution in [0.15, 0.2) is 18.2 Å². The zero-order chi connectivity index (χ0) is 19.7. The van der Waals surface area contributed by atoms with Gasteiger partial charge in [0.05, 0.1) is 11.1 Å². The van der Waals surface area contributed by atoms with Crippen LogP contribution in [-0.2, 0) is 4.79 Å². The van der Waals surface area contributed by atoms with Gasteiger partial charge in [-0.05, 0) is 32.0 Å². The Balaban J connectivity index is 1.72. The average molecular weight is 392 g/mol. The van der Waals surface area contributed by atoms with Gasteiger partial charge in [0.1, 0.15) is 0 Å². The summed E-state index contributed by atoms with van der Waals surface area (Å²) in [7, 11) is 0. The first kappa shape index (κ1) is 19.4. The van der Waals surface area contributed by atoms with Crippen molar-refractivity contribution in [3.8, 4) is 0 Å². The highest BCUT2D eigenvalue weighted by Gasteiger charge is 2.37. The maximum absolute atomic E-state index is 12.8. The molecule has 2 heterocycles. The van der Waals surface area contributed by atoms with Crippen LogP contribution in [0, 0.1) is 0 Å². The van der Waals surface area contributed by atoms with Gasteiger partial charge in [-0.1, -0.05) is 0 Å². The summed E-state index contributed by atoms with van der Waals surface area (Å²) in [5, 5.41) is 0. The van der Waals surface area contributed by atoms with Gasteiger partial charge >= 0.3 is 0 Å². The van der Waals surface area contributed by atoms with Gasteiger partial charge < -0.3 is 9.80 Å². The maximum Gasteiger partial charge on any atom is 0.261 e. The predicted octanol–water partition coefficient (Wildman–Crippen LogP) is 1.60. The molecule has 0 bridgehead atoms. The summed E-state index contributed by atoms with van der Waals surface area (Å²) in [6.45, 7) is 5.33. The predicted molar refractivity (Wildman–Crippen MR) is 99.9 cm³/mol. The molecular weight excluding hydrogens is 370 g/mol. The number of alkyl halides is 1. The minimum atomic E-state index is -0.365. The van der Waals surface area contributed by atoms with Gasteiger partial charge in [0.15, 0.2) is 0 Å². The normalized spacial score (nSPS) is 17.0. The molecule has 0 radical (unpaired) electrons. The number of rotatable bonds is 4. The van der Waals surface area contributed by atoms with Crippen molar-refractivity contribution in [1.82, 2.24) is 14.7 Å². The molecular formula is C19H22ClN3O4. The summed E-state index contributed by atoms with van der Waals surface area (Å²) in [6, 6.07) is 4.40. The lowest BCUT2D eigenvalue weighted by Crippen LogP contribution is -2.50. The molecule has 2 aliphatic rings. The quantitative estimate of drug-likeness (QED) is 0.577. The molecule has 144 valence electrons. The van der Waals surface area contributed by atoms with Crippen LogP contribution in [0.1, 0.15) is 51.3 Å². The number of nitrogens with zero attached hydrogens (tertiary/aromatic N) is 3. The van der Waals surface area contributed by atoms with E-state index in [2.05, 4.69) is 0 Å². The van der Waals surface area contributed by atoms with Gasteiger partial charge in [0, 0.05) is 50.1 Å². The van der Waals surface area contributed by atoms with E-state index in [1.165, 1.54) is 11.0 Å². The van der Waals surface area contributed by atoms with Gasteiger partial charge in [0.2, 0.25) is 5.91 Å². The van der Waals surface area contributed by atoms with Crippen LogP contribution in [0.2, 0.25) is 0 Å². The molecule has 0 saturated carbocycles. The lowest BCUT2D eigenvalue weighted by molar-refractivity contribution is -0.132. The molecule has 27 heavy (non-hydrogen) atoms. The van der Waals surface area contributed by atoms with Gasteiger partial charge in [-0.2, -0.15) is 0 Å². The first-order valence-electron chi connectivity index (χ1n) is 9.00. The number of benzene rings is 1. The molecule has 1 saturated heterocycles. The second-order valence-corrected chi connectivity index (χ2v) is 7.32. The third-order valence-corrected chi connectivity index (χ3v) is 5.10. The Morgan fingerprint density at radius 2 is 1.59 bits per heavy atom. The molecule has 7 nitrogen and oxygen atoms in total. The van der Waals surface area contributed by atoms with Crippen LogP contribution >= 0.6 is 11.6 Å². The highest BCUT2D eigenvalue weighted by molar-refractivity contribution is 6.22. The number of hydrogen-bond acceptors (Lipinski definition) is 4. The topological polar surface area (TPSA) is 78.0 Å². The molecule has 3 rings (SSSR count). The van der Waals surface area contributed by atoms with Crippen molar-refractivity contribution >= 4 is 35.2 Å². The van der Waals surface area contributed by atoms with Crippen LogP contribution in [0.25, 0.3) is 0 Å². The Hall–Kier alpha value is -2.41. The summed E-state index contributed by atoms with van der Waals surface area (Å²) in [4.78, 5) is 54.1. The molecule has 8 heteroatoms. The smallest absolute Gasteiger partial charge is 0.261 e. The van der Waals surface area contributed by atoms with Crippen molar-refractivity contribution < 1.29 is 19.2 Å². The number of piperazine rings is 1. The van der Waals surface area contributed by atoms with Crippen LogP contribution in [0.3, 0.4) is 0 Å². The van der Waals surface area contributed by atoms with Crippen molar-refractivity contribution in [3.63, 3.8) is 0 Å². The van der Waals surface area contributed by atoms with E-state index in [0.717, 1.165) is 0 Å². The molecule has 2 aliphatic heterocycles. The summed E-state index contributed by atoms with van der Waals surface area (Å²) in [5.74, 6) is -0.614. The minimum Gasteiger partial charge on any atom is -0.339 e. The van der Waals surface area contributed by atoms with Gasteiger partial charge in [-0.25, -0.2) is 0 Å². The summed E-state index contributed by atoms with van der Waals surface area (Å²) in [5.41, 5.74) is 0.984. The van der Waals surface area contributed by atoms with E-state index in [0.29, 0.717) is 43.7 Å². The number of carbonyl (C=O) groups excluding carboxylic acids is 4. The standard InChI is InChI=1S/C19H22ClN3O4/c1-12(2)23-18(26)14-4-3-13(11-15(14)19(23)27)17(25)22-9-7-21(8-10-22)16(24)5-6-20/h3-4,11-12H,5-10H2,1-2H3. The Labute approximate surface area is 162 Å². The zero-order valence-corrected chi connectivity index (χ0v) is 16.2. The van der Waals surface area contributed by atoms with Gasteiger partial charge in [-0.15, -0.1) is 11.6 Å². The monoisotopic (exact) mass is 391 g/mol. The van der Waals surface area contributed by atoms with E-state index < -0.39 is 0 Å². The number of halogens is 1. The molecule has 1 aromatic carbocycles. The van der Waals surface area contributed by atoms with E-state index in [1.807, 2.05) is 0 Å². The fourth-order valence-electron chi connectivity index (χ4n) is 3.44. The molecule has 0 unspecified atom stereocenters. The van der Waals surface area contributed by atoms with Crippen LogP contribution in [0.4, 0.5) is 0 Å². The summed E-state index contributed by atoms with van der Waals surface area (Å²) < 4.78 is 0. The first-order valence-corrected chi connectivity index (χ1v) is 9.53. The molecule has 1 fully saturated rings. The van der Waals surface area contributed by atoms with Crippen molar-refractivity contribution in [1.29, 1.82) is 0 Å². The Bertz CT molecular complexity index is 800. The van der Waals surface area contributed by atoms with E-state index >= 15 is 0 Å². The highest BCUT2D eigenvalue weighted by atomic mass is 35.5. The third kappa shape index (κ3) is 3.56. The van der Waals surface area contributed by atoms with Crippen LogP contribution in [0.5, 0.6) is 0 Å².